The van der Waals surface area contributed by atoms with Crippen molar-refractivity contribution in [2.24, 2.45) is 0 Å². The second-order valence-electron chi connectivity index (χ2n) is 7.06. The molecular formula is C26H22N2O. The molecule has 3 heteroatoms. The first kappa shape index (κ1) is 18.8. The Morgan fingerprint density at radius 2 is 1.10 bits per heavy atom. The van der Waals surface area contributed by atoms with E-state index in [0.29, 0.717) is 6.42 Å². The first-order chi connectivity index (χ1) is 14.3. The highest BCUT2D eigenvalue weighted by atomic mass is 16.1. The van der Waals surface area contributed by atoms with Gasteiger partial charge in [0.1, 0.15) is 5.78 Å². The highest BCUT2D eigenvalue weighted by Gasteiger charge is 2.32. The Morgan fingerprint density at radius 1 is 0.621 bits per heavy atom. The Bertz CT molecular complexity index is 996. The summed E-state index contributed by atoms with van der Waals surface area (Å²) in [4.78, 5) is 21.9. The average molecular weight is 378 g/mol. The lowest BCUT2D eigenvalue weighted by Crippen LogP contribution is -2.23. The zero-order chi connectivity index (χ0) is 19.9. The van der Waals surface area contributed by atoms with Crippen LogP contribution in [0.2, 0.25) is 0 Å². The van der Waals surface area contributed by atoms with Gasteiger partial charge in [-0.2, -0.15) is 0 Å². The Labute approximate surface area is 171 Å². The molecule has 4 aromatic rings. The Hall–Kier alpha value is -3.59. The second-order valence-corrected chi connectivity index (χ2v) is 7.06. The molecule has 0 aliphatic heterocycles. The van der Waals surface area contributed by atoms with Crippen LogP contribution in [0.5, 0.6) is 0 Å². The molecule has 1 unspecified atom stereocenters. The van der Waals surface area contributed by atoms with Gasteiger partial charge in [0, 0.05) is 37.1 Å². The molecule has 2 aromatic carbocycles. The number of hydrogen-bond donors (Lipinski definition) is 0. The molecule has 4 rings (SSSR count). The van der Waals surface area contributed by atoms with Gasteiger partial charge in [-0.3, -0.25) is 14.8 Å². The van der Waals surface area contributed by atoms with Gasteiger partial charge in [0.25, 0.3) is 0 Å². The molecule has 29 heavy (non-hydrogen) atoms. The van der Waals surface area contributed by atoms with E-state index < -0.39 is 0 Å². The Kier molecular flexibility index (Phi) is 5.87. The molecule has 0 N–H and O–H groups in total. The third-order valence-corrected chi connectivity index (χ3v) is 5.19. The van der Waals surface area contributed by atoms with Gasteiger partial charge in [-0.1, -0.05) is 60.7 Å². The first-order valence-electron chi connectivity index (χ1n) is 9.74. The number of benzene rings is 2. The summed E-state index contributed by atoms with van der Waals surface area (Å²) in [5.74, 6) is -0.204. The van der Waals surface area contributed by atoms with Crippen molar-refractivity contribution in [2.45, 2.75) is 18.3 Å². The van der Waals surface area contributed by atoms with Crippen molar-refractivity contribution in [1.29, 1.82) is 0 Å². The molecule has 0 amide bonds. The van der Waals surface area contributed by atoms with Crippen LogP contribution in [0.25, 0.3) is 0 Å². The van der Waals surface area contributed by atoms with E-state index >= 15 is 0 Å². The minimum absolute atomic E-state index is 0.0749. The van der Waals surface area contributed by atoms with Gasteiger partial charge in [0.15, 0.2) is 0 Å². The predicted molar refractivity (Wildman–Crippen MR) is 115 cm³/mol. The van der Waals surface area contributed by atoms with Crippen molar-refractivity contribution in [2.75, 3.05) is 0 Å². The number of ketones is 1. The number of nitrogens with zero attached hydrogens (tertiary/aromatic N) is 2. The van der Waals surface area contributed by atoms with E-state index in [1.807, 2.05) is 60.7 Å². The topological polar surface area (TPSA) is 42.9 Å². The van der Waals surface area contributed by atoms with Gasteiger partial charge in [0.05, 0.1) is 5.92 Å². The quantitative estimate of drug-likeness (QED) is 0.444. The molecule has 0 aliphatic carbocycles. The van der Waals surface area contributed by atoms with Crippen molar-refractivity contribution in [3.05, 3.63) is 132 Å². The van der Waals surface area contributed by atoms with Crippen LogP contribution in [0.3, 0.4) is 0 Å². The van der Waals surface area contributed by atoms with E-state index in [4.69, 9.17) is 0 Å². The average Bonchev–Trinajstić information content (AvgIpc) is 2.79. The monoisotopic (exact) mass is 378 g/mol. The van der Waals surface area contributed by atoms with E-state index in [1.54, 1.807) is 24.8 Å². The minimum atomic E-state index is -0.309. The van der Waals surface area contributed by atoms with Crippen LogP contribution >= 0.6 is 0 Å². The molecule has 0 saturated carbocycles. The summed E-state index contributed by atoms with van der Waals surface area (Å²) in [5.41, 5.74) is 4.22. The number of aromatic nitrogens is 2. The number of hydrogen-bond acceptors (Lipinski definition) is 3. The van der Waals surface area contributed by atoms with Crippen LogP contribution in [-0.2, 0) is 11.2 Å². The van der Waals surface area contributed by atoms with Gasteiger partial charge in [-0.05, 0) is 46.5 Å². The number of rotatable bonds is 7. The van der Waals surface area contributed by atoms with E-state index in [1.165, 1.54) is 0 Å². The Balaban J connectivity index is 1.82. The summed E-state index contributed by atoms with van der Waals surface area (Å²) in [7, 11) is 0. The summed E-state index contributed by atoms with van der Waals surface area (Å²) < 4.78 is 0. The SMILES string of the molecule is O=C(Cc1ccncc1)C(c1ccncc1)C(c1ccccc1)c1ccccc1. The van der Waals surface area contributed by atoms with Gasteiger partial charge in [-0.25, -0.2) is 0 Å². The maximum absolute atomic E-state index is 13.7. The Morgan fingerprint density at radius 3 is 1.62 bits per heavy atom. The van der Waals surface area contributed by atoms with Crippen LogP contribution < -0.4 is 0 Å². The summed E-state index contributed by atoms with van der Waals surface area (Å²) in [6.07, 6.45) is 7.35. The normalized spacial score (nSPS) is 11.9. The summed E-state index contributed by atoms with van der Waals surface area (Å²) in [5, 5.41) is 0. The summed E-state index contributed by atoms with van der Waals surface area (Å²) in [6, 6.07) is 28.3. The maximum atomic E-state index is 13.7. The fourth-order valence-corrected chi connectivity index (χ4v) is 3.84. The lowest BCUT2D eigenvalue weighted by molar-refractivity contribution is -0.120. The number of pyridine rings is 2. The van der Waals surface area contributed by atoms with Gasteiger partial charge < -0.3 is 0 Å². The van der Waals surface area contributed by atoms with Crippen molar-refractivity contribution in [1.82, 2.24) is 9.97 Å². The first-order valence-corrected chi connectivity index (χ1v) is 9.74. The smallest absolute Gasteiger partial charge is 0.145 e. The lowest BCUT2D eigenvalue weighted by atomic mass is 9.74. The summed E-state index contributed by atoms with van der Waals surface area (Å²) in [6.45, 7) is 0. The van der Waals surface area contributed by atoms with Crippen LogP contribution in [-0.4, -0.2) is 15.8 Å². The van der Waals surface area contributed by atoms with Crippen LogP contribution in [0.1, 0.15) is 34.1 Å². The maximum Gasteiger partial charge on any atom is 0.145 e. The van der Waals surface area contributed by atoms with Crippen LogP contribution in [0.4, 0.5) is 0 Å². The van der Waals surface area contributed by atoms with Gasteiger partial charge in [0.2, 0.25) is 0 Å². The molecule has 0 bridgehead atoms. The molecule has 0 saturated heterocycles. The molecule has 2 aromatic heterocycles. The molecule has 0 radical (unpaired) electrons. The fraction of sp³-hybridized carbons (Fsp3) is 0.115. The molecule has 142 valence electrons. The third-order valence-electron chi connectivity index (χ3n) is 5.19. The highest BCUT2D eigenvalue weighted by molar-refractivity contribution is 5.89. The van der Waals surface area contributed by atoms with Crippen molar-refractivity contribution in [3.63, 3.8) is 0 Å². The van der Waals surface area contributed by atoms with Crippen molar-refractivity contribution < 1.29 is 4.79 Å². The zero-order valence-electron chi connectivity index (χ0n) is 16.1. The largest absolute Gasteiger partial charge is 0.299 e. The molecule has 2 heterocycles. The fourth-order valence-electron chi connectivity index (χ4n) is 3.84. The summed E-state index contributed by atoms with van der Waals surface area (Å²) >= 11 is 0. The van der Waals surface area contributed by atoms with E-state index in [2.05, 4.69) is 34.2 Å². The van der Waals surface area contributed by atoms with Crippen LogP contribution in [0, 0.1) is 0 Å². The van der Waals surface area contributed by atoms with Crippen LogP contribution in [0.15, 0.2) is 110 Å². The predicted octanol–water partition coefficient (Wildman–Crippen LogP) is 5.20. The lowest BCUT2D eigenvalue weighted by Gasteiger charge is -2.28. The number of carbonyl (C=O) groups excluding carboxylic acids is 1. The van der Waals surface area contributed by atoms with Crippen molar-refractivity contribution >= 4 is 5.78 Å². The molecule has 0 spiro atoms. The molecule has 1 atom stereocenters. The minimum Gasteiger partial charge on any atom is -0.299 e. The number of Topliss-reactive ketones (excluding diaryl/α,β-unsaturated/α-hetero) is 1. The zero-order valence-corrected chi connectivity index (χ0v) is 16.1. The standard InChI is InChI=1S/C26H22N2O/c29-24(19-20-11-15-27-16-12-20)26(23-13-17-28-18-14-23)25(21-7-3-1-4-8-21)22-9-5-2-6-10-22/h1-18,25-26H,19H2. The van der Waals surface area contributed by atoms with E-state index in [0.717, 1.165) is 22.3 Å². The van der Waals surface area contributed by atoms with E-state index in [-0.39, 0.29) is 17.6 Å². The molecule has 0 fully saturated rings. The van der Waals surface area contributed by atoms with Crippen molar-refractivity contribution in [3.8, 4) is 0 Å². The molecule has 3 nitrogen and oxygen atoms in total. The van der Waals surface area contributed by atoms with Gasteiger partial charge >= 0.3 is 0 Å². The third kappa shape index (κ3) is 4.46. The second kappa shape index (κ2) is 9.07. The highest BCUT2D eigenvalue weighted by Crippen LogP contribution is 2.39. The molecular weight excluding hydrogens is 356 g/mol. The van der Waals surface area contributed by atoms with Gasteiger partial charge in [-0.15, -0.1) is 0 Å². The number of carbonyl (C=O) groups is 1. The molecule has 0 aliphatic rings. The van der Waals surface area contributed by atoms with E-state index in [9.17, 15) is 4.79 Å².